The van der Waals surface area contributed by atoms with Gasteiger partial charge >= 0.3 is 5.63 Å². The molecule has 0 aliphatic carbocycles. The van der Waals surface area contributed by atoms with Crippen LogP contribution in [0.25, 0.3) is 11.0 Å². The average Bonchev–Trinajstić information content (AvgIpc) is 2.81. The fraction of sp³-hybridized carbons (Fsp3) is 0.125. The van der Waals surface area contributed by atoms with E-state index in [0.717, 1.165) is 11.1 Å². The van der Waals surface area contributed by atoms with Gasteiger partial charge in [-0.2, -0.15) is 0 Å². The third-order valence-corrected chi connectivity index (χ3v) is 4.71. The number of fused-ring (bicyclic) bond motifs is 1. The van der Waals surface area contributed by atoms with Crippen LogP contribution < -0.4 is 20.4 Å². The SMILES string of the molecule is COc1cc(CNC(=O)c2cc3ccccc3oc2=O)ccc1OCc1ccncc1. The number of hydrogen-bond acceptors (Lipinski definition) is 6. The summed E-state index contributed by atoms with van der Waals surface area (Å²) >= 11 is 0. The molecule has 2 aromatic carbocycles. The second-order valence-electron chi connectivity index (χ2n) is 6.80. The predicted molar refractivity (Wildman–Crippen MR) is 115 cm³/mol. The van der Waals surface area contributed by atoms with Crippen molar-refractivity contribution >= 4 is 16.9 Å². The third-order valence-electron chi connectivity index (χ3n) is 4.71. The first-order valence-corrected chi connectivity index (χ1v) is 9.64. The van der Waals surface area contributed by atoms with Gasteiger partial charge in [0, 0.05) is 24.3 Å². The van der Waals surface area contributed by atoms with E-state index in [1.165, 1.54) is 6.07 Å². The molecule has 7 heteroatoms. The van der Waals surface area contributed by atoms with Crippen molar-refractivity contribution in [2.45, 2.75) is 13.2 Å². The van der Waals surface area contributed by atoms with E-state index in [4.69, 9.17) is 13.9 Å². The minimum atomic E-state index is -0.673. The molecule has 0 spiro atoms. The van der Waals surface area contributed by atoms with Gasteiger partial charge in [-0.1, -0.05) is 24.3 Å². The lowest BCUT2D eigenvalue weighted by Crippen LogP contribution is -2.27. The molecule has 0 aliphatic heterocycles. The molecule has 0 atom stereocenters. The number of aromatic nitrogens is 1. The highest BCUT2D eigenvalue weighted by Gasteiger charge is 2.14. The molecule has 7 nitrogen and oxygen atoms in total. The van der Waals surface area contributed by atoms with E-state index >= 15 is 0 Å². The summed E-state index contributed by atoms with van der Waals surface area (Å²) in [6.45, 7) is 0.596. The third kappa shape index (κ3) is 4.72. The quantitative estimate of drug-likeness (QED) is 0.462. The van der Waals surface area contributed by atoms with Crippen molar-refractivity contribution in [2.24, 2.45) is 0 Å². The van der Waals surface area contributed by atoms with E-state index in [0.29, 0.717) is 29.1 Å². The molecular formula is C24H20N2O5. The maximum absolute atomic E-state index is 12.5. The molecule has 4 rings (SSSR count). The molecule has 1 amide bonds. The Labute approximate surface area is 178 Å². The Bertz CT molecular complexity index is 1270. The highest BCUT2D eigenvalue weighted by atomic mass is 16.5. The normalized spacial score (nSPS) is 10.6. The molecule has 0 unspecified atom stereocenters. The monoisotopic (exact) mass is 416 g/mol. The lowest BCUT2D eigenvalue weighted by atomic mass is 10.1. The minimum Gasteiger partial charge on any atom is -0.493 e. The smallest absolute Gasteiger partial charge is 0.349 e. The summed E-state index contributed by atoms with van der Waals surface area (Å²) in [4.78, 5) is 28.7. The zero-order chi connectivity index (χ0) is 21.6. The molecule has 31 heavy (non-hydrogen) atoms. The van der Waals surface area contributed by atoms with Gasteiger partial charge in [0.05, 0.1) is 7.11 Å². The molecule has 0 bridgehead atoms. The highest BCUT2D eigenvalue weighted by Crippen LogP contribution is 2.28. The first-order chi connectivity index (χ1) is 15.1. The first kappa shape index (κ1) is 20.2. The summed E-state index contributed by atoms with van der Waals surface area (Å²) in [6, 6.07) is 17.7. The standard InChI is InChI=1S/C24H20N2O5/c1-29-22-12-17(6-7-21(22)30-15-16-8-10-25-11-9-16)14-26-23(27)19-13-18-4-2-3-5-20(18)31-24(19)28/h2-13H,14-15H2,1H3,(H,26,27). The summed E-state index contributed by atoms with van der Waals surface area (Å²) in [5.74, 6) is 0.632. The molecule has 0 saturated heterocycles. The van der Waals surface area contributed by atoms with Gasteiger partial charge in [0.1, 0.15) is 17.8 Å². The zero-order valence-electron chi connectivity index (χ0n) is 16.8. The molecule has 2 heterocycles. The van der Waals surface area contributed by atoms with E-state index in [2.05, 4.69) is 10.3 Å². The number of nitrogens with one attached hydrogen (secondary N) is 1. The molecule has 156 valence electrons. The Hall–Kier alpha value is -4.13. The Morgan fingerprint density at radius 1 is 1.00 bits per heavy atom. The van der Waals surface area contributed by atoms with Crippen molar-refractivity contribution in [3.05, 3.63) is 100 Å². The summed E-state index contributed by atoms with van der Waals surface area (Å²) in [5, 5.41) is 3.43. The summed E-state index contributed by atoms with van der Waals surface area (Å²) in [6.07, 6.45) is 3.41. The molecular weight excluding hydrogens is 396 g/mol. The number of benzene rings is 2. The van der Waals surface area contributed by atoms with Crippen LogP contribution in [-0.4, -0.2) is 18.0 Å². The van der Waals surface area contributed by atoms with Gasteiger partial charge in [-0.15, -0.1) is 0 Å². The first-order valence-electron chi connectivity index (χ1n) is 9.64. The predicted octanol–water partition coefficient (Wildman–Crippen LogP) is 3.71. The van der Waals surface area contributed by atoms with Crippen LogP contribution in [0.2, 0.25) is 0 Å². The number of carbonyl (C=O) groups is 1. The molecule has 4 aromatic rings. The maximum atomic E-state index is 12.5. The van der Waals surface area contributed by atoms with Crippen molar-refractivity contribution < 1.29 is 18.7 Å². The van der Waals surface area contributed by atoms with Crippen LogP contribution in [0, 0.1) is 0 Å². The number of amides is 1. The van der Waals surface area contributed by atoms with E-state index in [9.17, 15) is 9.59 Å². The molecule has 2 aromatic heterocycles. The van der Waals surface area contributed by atoms with Crippen LogP contribution in [0.15, 0.2) is 82.3 Å². The van der Waals surface area contributed by atoms with E-state index in [1.54, 1.807) is 49.8 Å². The van der Waals surface area contributed by atoms with Gasteiger partial charge < -0.3 is 19.2 Å². The highest BCUT2D eigenvalue weighted by molar-refractivity contribution is 5.96. The molecule has 0 fully saturated rings. The van der Waals surface area contributed by atoms with Crippen LogP contribution >= 0.6 is 0 Å². The number of methoxy groups -OCH3 is 1. The van der Waals surface area contributed by atoms with Gasteiger partial charge in [0.2, 0.25) is 0 Å². The number of ether oxygens (including phenoxy) is 2. The number of carbonyl (C=O) groups excluding carboxylic acids is 1. The molecule has 0 radical (unpaired) electrons. The van der Waals surface area contributed by atoms with Crippen molar-refractivity contribution in [3.8, 4) is 11.5 Å². The number of rotatable bonds is 7. The topological polar surface area (TPSA) is 90.7 Å². The summed E-state index contributed by atoms with van der Waals surface area (Å²) < 4.78 is 16.5. The van der Waals surface area contributed by atoms with E-state index in [1.807, 2.05) is 24.3 Å². The number of hydrogen-bond donors (Lipinski definition) is 1. The molecule has 1 N–H and O–H groups in total. The fourth-order valence-corrected chi connectivity index (χ4v) is 3.08. The second kappa shape index (κ2) is 9.13. The maximum Gasteiger partial charge on any atom is 0.349 e. The van der Waals surface area contributed by atoms with Crippen LogP contribution in [0.5, 0.6) is 11.5 Å². The van der Waals surface area contributed by atoms with Gasteiger partial charge in [-0.3, -0.25) is 9.78 Å². The van der Waals surface area contributed by atoms with Crippen molar-refractivity contribution in [2.75, 3.05) is 7.11 Å². The fourth-order valence-electron chi connectivity index (χ4n) is 3.08. The zero-order valence-corrected chi connectivity index (χ0v) is 16.8. The number of para-hydroxylation sites is 1. The Morgan fingerprint density at radius 2 is 1.81 bits per heavy atom. The van der Waals surface area contributed by atoms with Gasteiger partial charge in [0.25, 0.3) is 5.91 Å². The number of pyridine rings is 1. The summed E-state index contributed by atoms with van der Waals surface area (Å²) in [7, 11) is 1.55. The van der Waals surface area contributed by atoms with Crippen LogP contribution in [0.4, 0.5) is 0 Å². The van der Waals surface area contributed by atoms with E-state index < -0.39 is 11.5 Å². The van der Waals surface area contributed by atoms with Crippen LogP contribution in [-0.2, 0) is 13.2 Å². The Kier molecular flexibility index (Phi) is 5.93. The van der Waals surface area contributed by atoms with Gasteiger partial charge in [-0.25, -0.2) is 4.79 Å². The van der Waals surface area contributed by atoms with Crippen molar-refractivity contribution in [1.29, 1.82) is 0 Å². The number of nitrogens with zero attached hydrogens (tertiary/aromatic N) is 1. The average molecular weight is 416 g/mol. The van der Waals surface area contributed by atoms with E-state index in [-0.39, 0.29) is 12.1 Å². The van der Waals surface area contributed by atoms with Crippen molar-refractivity contribution in [3.63, 3.8) is 0 Å². The lowest BCUT2D eigenvalue weighted by Gasteiger charge is -2.13. The van der Waals surface area contributed by atoms with Gasteiger partial charge in [-0.05, 0) is 47.5 Å². The Balaban J connectivity index is 1.44. The van der Waals surface area contributed by atoms with Gasteiger partial charge in [0.15, 0.2) is 11.5 Å². The van der Waals surface area contributed by atoms with Crippen LogP contribution in [0.1, 0.15) is 21.5 Å². The Morgan fingerprint density at radius 3 is 2.61 bits per heavy atom. The van der Waals surface area contributed by atoms with Crippen LogP contribution in [0.3, 0.4) is 0 Å². The minimum absolute atomic E-state index is 0.0389. The lowest BCUT2D eigenvalue weighted by molar-refractivity contribution is 0.0947. The van der Waals surface area contributed by atoms with Crippen molar-refractivity contribution in [1.82, 2.24) is 10.3 Å². The molecule has 0 aliphatic rings. The second-order valence-corrected chi connectivity index (χ2v) is 6.80. The largest absolute Gasteiger partial charge is 0.493 e. The molecule has 0 saturated carbocycles. The summed E-state index contributed by atoms with van der Waals surface area (Å²) in [5.41, 5.74) is 1.52.